The fraction of sp³-hybridized carbons (Fsp3) is 0.625. The van der Waals surface area contributed by atoms with Gasteiger partial charge in [-0.3, -0.25) is 9.59 Å². The number of nitrogens with one attached hydrogen (secondary N) is 1. The van der Waals surface area contributed by atoms with E-state index in [1.165, 1.54) is 7.11 Å². The van der Waals surface area contributed by atoms with Crippen molar-refractivity contribution in [2.75, 3.05) is 39.6 Å². The van der Waals surface area contributed by atoms with Crippen molar-refractivity contribution in [1.29, 1.82) is 0 Å². The number of rotatable bonds is 10. The zero-order chi connectivity index (χ0) is 31.3. The predicted molar refractivity (Wildman–Crippen MR) is 160 cm³/mol. The number of likely N-dealkylation sites (tertiary alicyclic amines) is 1. The van der Waals surface area contributed by atoms with Crippen LogP contribution in [0.2, 0.25) is 0 Å². The minimum atomic E-state index is -4.62. The van der Waals surface area contributed by atoms with Crippen LogP contribution in [-0.2, 0) is 17.4 Å². The number of anilines is 2. The topological polar surface area (TPSA) is 87.7 Å². The molecule has 2 atom stereocenters. The number of nitrogens with zero attached hydrogens (tertiary/aromatic N) is 4. The van der Waals surface area contributed by atoms with Gasteiger partial charge < -0.3 is 19.9 Å². The second-order valence-electron chi connectivity index (χ2n) is 12.4. The van der Waals surface area contributed by atoms with Gasteiger partial charge in [0.25, 0.3) is 0 Å². The third kappa shape index (κ3) is 8.25. The molecule has 0 radical (unpaired) electrons. The van der Waals surface area contributed by atoms with Gasteiger partial charge in [0.15, 0.2) is 5.78 Å². The highest BCUT2D eigenvalue weighted by atomic mass is 19.4. The Balaban J connectivity index is 1.55. The number of alkyl halides is 3. The van der Waals surface area contributed by atoms with E-state index in [0.717, 1.165) is 51.4 Å². The molecule has 43 heavy (non-hydrogen) atoms. The van der Waals surface area contributed by atoms with E-state index < -0.39 is 11.7 Å². The van der Waals surface area contributed by atoms with Crippen molar-refractivity contribution in [3.63, 3.8) is 0 Å². The summed E-state index contributed by atoms with van der Waals surface area (Å²) in [6, 6.07) is 4.86. The monoisotopic (exact) mass is 603 g/mol. The number of aromatic nitrogens is 2. The minimum Gasteiger partial charge on any atom is -0.495 e. The molecule has 0 spiro atoms. The minimum absolute atomic E-state index is 0.00525. The molecule has 1 amide bonds. The molecular formula is C32H44F3N5O3. The van der Waals surface area contributed by atoms with Crippen LogP contribution in [0, 0.1) is 17.8 Å². The molecule has 1 saturated carbocycles. The zero-order valence-electron chi connectivity index (χ0n) is 25.8. The van der Waals surface area contributed by atoms with E-state index in [1.54, 1.807) is 30.1 Å². The summed E-state index contributed by atoms with van der Waals surface area (Å²) in [4.78, 5) is 38.0. The summed E-state index contributed by atoms with van der Waals surface area (Å²) in [7, 11) is 5.31. The third-order valence-electron chi connectivity index (χ3n) is 8.92. The Morgan fingerprint density at radius 2 is 1.84 bits per heavy atom. The molecule has 2 aromatic rings. The van der Waals surface area contributed by atoms with Crippen LogP contribution >= 0.6 is 0 Å². The molecule has 1 aliphatic carbocycles. The third-order valence-corrected chi connectivity index (χ3v) is 8.92. The first-order valence-corrected chi connectivity index (χ1v) is 15.2. The Hall–Kier alpha value is -3.21. The molecule has 2 heterocycles. The lowest BCUT2D eigenvalue weighted by atomic mass is 9.80. The lowest BCUT2D eigenvalue weighted by Crippen LogP contribution is -2.46. The number of Topliss-reactive ketones (excluding diaryl/α,β-unsaturated/α-hetero) is 1. The number of ether oxygens (including phenoxy) is 1. The normalized spacial score (nSPS) is 20.2. The molecule has 11 heteroatoms. The number of halogens is 3. The highest BCUT2D eigenvalue weighted by Gasteiger charge is 2.38. The summed E-state index contributed by atoms with van der Waals surface area (Å²) in [5, 5.41) is 3.00. The molecule has 0 unspecified atom stereocenters. The number of hydrogen-bond donors (Lipinski definition) is 1. The highest BCUT2D eigenvalue weighted by Crippen LogP contribution is 2.37. The smallest absolute Gasteiger partial charge is 0.419 e. The second-order valence-corrected chi connectivity index (χ2v) is 12.4. The second kappa shape index (κ2) is 14.1. The number of benzene rings is 1. The van der Waals surface area contributed by atoms with E-state index in [-0.39, 0.29) is 47.6 Å². The van der Waals surface area contributed by atoms with Crippen LogP contribution in [-0.4, -0.2) is 71.8 Å². The Morgan fingerprint density at radius 3 is 2.49 bits per heavy atom. The van der Waals surface area contributed by atoms with Crippen LogP contribution in [0.1, 0.15) is 80.4 Å². The first kappa shape index (κ1) is 32.7. The zero-order valence-corrected chi connectivity index (χ0v) is 25.8. The molecule has 8 nitrogen and oxygen atoms in total. The summed E-state index contributed by atoms with van der Waals surface area (Å²) in [6.07, 6.45) is 1.99. The van der Waals surface area contributed by atoms with Gasteiger partial charge in [-0.2, -0.15) is 13.2 Å². The molecule has 2 fully saturated rings. The fourth-order valence-electron chi connectivity index (χ4n) is 6.36. The molecule has 236 valence electrons. The lowest BCUT2D eigenvalue weighted by molar-refractivity contribution is -0.140. The van der Waals surface area contributed by atoms with E-state index in [1.807, 2.05) is 13.8 Å². The van der Waals surface area contributed by atoms with Crippen LogP contribution in [0.3, 0.4) is 0 Å². The largest absolute Gasteiger partial charge is 0.495 e. The molecule has 0 bridgehead atoms. The van der Waals surface area contributed by atoms with Crippen LogP contribution < -0.4 is 10.1 Å². The maximum Gasteiger partial charge on any atom is 0.419 e. The highest BCUT2D eigenvalue weighted by molar-refractivity contribution is 5.97. The molecule has 1 saturated heterocycles. The van der Waals surface area contributed by atoms with Crippen LogP contribution in [0.4, 0.5) is 24.8 Å². The Bertz CT molecular complexity index is 1280. The van der Waals surface area contributed by atoms with Gasteiger partial charge in [0.2, 0.25) is 11.9 Å². The van der Waals surface area contributed by atoms with Crippen molar-refractivity contribution in [3.8, 4) is 5.75 Å². The number of carbonyl (C=O) groups is 2. The summed E-state index contributed by atoms with van der Waals surface area (Å²) in [5.41, 5.74) is -0.00108. The van der Waals surface area contributed by atoms with Gasteiger partial charge in [-0.1, -0.05) is 26.7 Å². The van der Waals surface area contributed by atoms with Crippen molar-refractivity contribution in [2.24, 2.45) is 17.8 Å². The fourth-order valence-corrected chi connectivity index (χ4v) is 6.36. The Labute approximate surface area is 252 Å². The number of ketones is 1. The van der Waals surface area contributed by atoms with Gasteiger partial charge in [0.1, 0.15) is 5.75 Å². The van der Waals surface area contributed by atoms with Crippen molar-refractivity contribution in [2.45, 2.75) is 77.4 Å². The summed E-state index contributed by atoms with van der Waals surface area (Å²) >= 11 is 0. The van der Waals surface area contributed by atoms with Gasteiger partial charge >= 0.3 is 6.18 Å². The number of methoxy groups -OCH3 is 1. The average molecular weight is 604 g/mol. The van der Waals surface area contributed by atoms with Crippen molar-refractivity contribution in [3.05, 3.63) is 41.2 Å². The van der Waals surface area contributed by atoms with E-state index in [4.69, 9.17) is 4.74 Å². The number of amides is 1. The standard InChI is InChI=1S/C32H44F3N5O3/c1-20(2)30(42)40(4)27-9-7-6-8-22(27)17-26-24(32(33,34)35)19-36-31(38-26)37-25-11-10-23(18-29(25)43-5)28(41)16-21-12-14-39(3)15-13-21/h10-11,18-22,27H,6-9,12-17H2,1-5H3,(H,36,37,38)/t22-,27+/m0/s1. The number of hydrogen-bond acceptors (Lipinski definition) is 7. The maximum atomic E-state index is 14.1. The van der Waals surface area contributed by atoms with Crippen LogP contribution in [0.25, 0.3) is 0 Å². The summed E-state index contributed by atoms with van der Waals surface area (Å²) in [5.74, 6) is 0.396. The molecule has 1 N–H and O–H groups in total. The van der Waals surface area contributed by atoms with Gasteiger partial charge in [-0.25, -0.2) is 9.97 Å². The molecular weight excluding hydrogens is 559 g/mol. The first-order valence-electron chi connectivity index (χ1n) is 15.2. The molecule has 2 aliphatic rings. The van der Waals surface area contributed by atoms with Crippen molar-refractivity contribution >= 4 is 23.3 Å². The van der Waals surface area contributed by atoms with E-state index in [2.05, 4.69) is 27.2 Å². The Morgan fingerprint density at radius 1 is 1.14 bits per heavy atom. The lowest BCUT2D eigenvalue weighted by Gasteiger charge is -2.39. The van der Waals surface area contributed by atoms with E-state index in [9.17, 15) is 22.8 Å². The number of carbonyl (C=O) groups excluding carboxylic acids is 2. The van der Waals surface area contributed by atoms with Crippen molar-refractivity contribution in [1.82, 2.24) is 19.8 Å². The van der Waals surface area contributed by atoms with Crippen molar-refractivity contribution < 1.29 is 27.5 Å². The number of piperidine rings is 1. The van der Waals surface area contributed by atoms with Crippen LogP contribution in [0.5, 0.6) is 5.75 Å². The maximum absolute atomic E-state index is 14.1. The molecule has 4 rings (SSSR count). The van der Waals surface area contributed by atoms with E-state index >= 15 is 0 Å². The SMILES string of the molecule is COc1cc(C(=O)CC2CCN(C)CC2)ccc1Nc1ncc(C(F)(F)F)c(C[C@@H]2CCCC[C@H]2N(C)C(=O)C(C)C)n1. The van der Waals surface area contributed by atoms with Gasteiger partial charge in [0, 0.05) is 37.2 Å². The predicted octanol–water partition coefficient (Wildman–Crippen LogP) is 6.38. The van der Waals surface area contributed by atoms with Gasteiger partial charge in [-0.15, -0.1) is 0 Å². The van der Waals surface area contributed by atoms with E-state index in [0.29, 0.717) is 35.8 Å². The molecule has 1 aromatic heterocycles. The average Bonchev–Trinajstić information content (AvgIpc) is 2.97. The van der Waals surface area contributed by atoms with Gasteiger partial charge in [0.05, 0.1) is 24.1 Å². The molecule has 1 aromatic carbocycles. The van der Waals surface area contributed by atoms with Crippen LogP contribution in [0.15, 0.2) is 24.4 Å². The summed E-state index contributed by atoms with van der Waals surface area (Å²) < 4.78 is 47.7. The quantitative estimate of drug-likeness (QED) is 0.316. The first-order chi connectivity index (χ1) is 20.4. The molecule has 1 aliphatic heterocycles. The Kier molecular flexibility index (Phi) is 10.7. The summed E-state index contributed by atoms with van der Waals surface area (Å²) in [6.45, 7) is 5.61. The van der Waals surface area contributed by atoms with Gasteiger partial charge in [-0.05, 0) is 82.3 Å².